The van der Waals surface area contributed by atoms with Gasteiger partial charge in [-0.1, -0.05) is 6.07 Å². The Hall–Kier alpha value is -1.63. The molecule has 1 amide bonds. The van der Waals surface area contributed by atoms with Crippen LogP contribution in [0.25, 0.3) is 5.82 Å². The van der Waals surface area contributed by atoms with Gasteiger partial charge in [-0.2, -0.15) is 5.10 Å². The molecule has 1 saturated carbocycles. The molecule has 3 N–H and O–H groups in total. The molecule has 0 spiro atoms. The Bertz CT molecular complexity index is 702. The van der Waals surface area contributed by atoms with Gasteiger partial charge in [-0.15, -0.1) is 24.8 Å². The maximum Gasteiger partial charge on any atom is 0.223 e. The number of nitrogens with one attached hydrogen (secondary N) is 1. The molecule has 1 aliphatic carbocycles. The third-order valence-electron chi connectivity index (χ3n) is 4.35. The van der Waals surface area contributed by atoms with E-state index in [4.69, 9.17) is 5.73 Å². The summed E-state index contributed by atoms with van der Waals surface area (Å²) in [5, 5.41) is 7.40. The van der Waals surface area contributed by atoms with Crippen LogP contribution in [-0.4, -0.2) is 26.7 Å². The van der Waals surface area contributed by atoms with Crippen molar-refractivity contribution in [1.29, 1.82) is 0 Å². The normalized spacial score (nSPS) is 19.0. The first-order valence-electron chi connectivity index (χ1n) is 8.05. The molecule has 2 heterocycles. The van der Waals surface area contributed by atoms with E-state index in [1.807, 2.05) is 36.7 Å². The minimum atomic E-state index is 0. The Morgan fingerprint density at radius 3 is 2.60 bits per heavy atom. The molecule has 2 unspecified atom stereocenters. The van der Waals surface area contributed by atoms with Crippen molar-refractivity contribution in [1.82, 2.24) is 20.1 Å². The predicted octanol–water partition coefficient (Wildman–Crippen LogP) is 2.47. The van der Waals surface area contributed by atoms with Gasteiger partial charge in [0, 0.05) is 30.4 Å². The third kappa shape index (κ3) is 5.17. The van der Waals surface area contributed by atoms with Crippen LogP contribution in [0.2, 0.25) is 0 Å². The molecule has 8 heteroatoms. The van der Waals surface area contributed by atoms with E-state index >= 15 is 0 Å². The first-order valence-corrected chi connectivity index (χ1v) is 8.05. The van der Waals surface area contributed by atoms with Crippen LogP contribution in [-0.2, 0) is 11.3 Å². The molecule has 2 atom stereocenters. The summed E-state index contributed by atoms with van der Waals surface area (Å²) >= 11 is 0. The van der Waals surface area contributed by atoms with Gasteiger partial charge in [0.05, 0.1) is 5.69 Å². The lowest BCUT2D eigenvalue weighted by atomic mass is 10.1. The quantitative estimate of drug-likeness (QED) is 0.845. The highest BCUT2D eigenvalue weighted by Crippen LogP contribution is 2.24. The van der Waals surface area contributed by atoms with Crippen molar-refractivity contribution in [3.8, 4) is 5.82 Å². The summed E-state index contributed by atoms with van der Waals surface area (Å²) in [6.45, 7) is 4.46. The zero-order chi connectivity index (χ0) is 16.4. The summed E-state index contributed by atoms with van der Waals surface area (Å²) in [6.07, 6.45) is 4.41. The lowest BCUT2D eigenvalue weighted by Gasteiger charge is -2.11. The highest BCUT2D eigenvalue weighted by Gasteiger charge is 2.27. The second kappa shape index (κ2) is 9.17. The number of rotatable bonds is 4. The minimum absolute atomic E-state index is 0. The Morgan fingerprint density at radius 2 is 2.08 bits per heavy atom. The van der Waals surface area contributed by atoms with Crippen LogP contribution >= 0.6 is 24.8 Å². The number of carbonyl (C=O) groups is 1. The van der Waals surface area contributed by atoms with Crippen molar-refractivity contribution in [2.45, 2.75) is 45.7 Å². The molecule has 3 rings (SSSR count). The number of pyridine rings is 1. The van der Waals surface area contributed by atoms with E-state index in [9.17, 15) is 4.79 Å². The van der Waals surface area contributed by atoms with E-state index in [0.717, 1.165) is 42.0 Å². The zero-order valence-electron chi connectivity index (χ0n) is 14.4. The smallest absolute Gasteiger partial charge is 0.223 e. The number of halogens is 2. The van der Waals surface area contributed by atoms with Crippen molar-refractivity contribution < 1.29 is 4.79 Å². The van der Waals surface area contributed by atoms with Gasteiger partial charge in [-0.25, -0.2) is 9.67 Å². The molecule has 2 aromatic rings. The first kappa shape index (κ1) is 21.4. The third-order valence-corrected chi connectivity index (χ3v) is 4.35. The van der Waals surface area contributed by atoms with Gasteiger partial charge in [0.2, 0.25) is 5.91 Å². The summed E-state index contributed by atoms with van der Waals surface area (Å²) < 4.78 is 1.82. The second-order valence-electron chi connectivity index (χ2n) is 6.35. The van der Waals surface area contributed by atoms with Gasteiger partial charge in [0.1, 0.15) is 0 Å². The number of amides is 1. The van der Waals surface area contributed by atoms with Crippen LogP contribution in [0.1, 0.15) is 36.2 Å². The van der Waals surface area contributed by atoms with Gasteiger partial charge < -0.3 is 11.1 Å². The number of hydrogen-bond donors (Lipinski definition) is 2. The van der Waals surface area contributed by atoms with Crippen molar-refractivity contribution in [2.75, 3.05) is 0 Å². The van der Waals surface area contributed by atoms with Crippen LogP contribution in [0.15, 0.2) is 24.4 Å². The Kier molecular flexibility index (Phi) is 7.86. The van der Waals surface area contributed by atoms with E-state index in [1.165, 1.54) is 0 Å². The maximum atomic E-state index is 12.1. The summed E-state index contributed by atoms with van der Waals surface area (Å²) in [4.78, 5) is 16.5. The molecular formula is C17H25Cl2N5O. The number of hydrogen-bond acceptors (Lipinski definition) is 4. The monoisotopic (exact) mass is 385 g/mol. The molecule has 0 saturated heterocycles. The van der Waals surface area contributed by atoms with E-state index in [-0.39, 0.29) is 42.7 Å². The first-order chi connectivity index (χ1) is 11.0. The van der Waals surface area contributed by atoms with Gasteiger partial charge in [-0.3, -0.25) is 4.79 Å². The van der Waals surface area contributed by atoms with Gasteiger partial charge in [0.25, 0.3) is 0 Å². The average molecular weight is 386 g/mol. The fourth-order valence-corrected chi connectivity index (χ4v) is 3.10. The summed E-state index contributed by atoms with van der Waals surface area (Å²) in [6, 6.07) is 6.08. The Labute approximate surface area is 160 Å². The Balaban J connectivity index is 0.00000156. The lowest BCUT2D eigenvalue weighted by Crippen LogP contribution is -2.30. The zero-order valence-corrected chi connectivity index (χ0v) is 16.1. The van der Waals surface area contributed by atoms with Crippen LogP contribution < -0.4 is 11.1 Å². The Morgan fingerprint density at radius 1 is 1.32 bits per heavy atom. The predicted molar refractivity (Wildman–Crippen MR) is 102 cm³/mol. The molecule has 1 fully saturated rings. The summed E-state index contributed by atoms with van der Waals surface area (Å²) in [5.74, 6) is 0.944. The summed E-state index contributed by atoms with van der Waals surface area (Å²) in [5.41, 5.74) is 8.85. The van der Waals surface area contributed by atoms with Crippen molar-refractivity contribution >= 4 is 30.7 Å². The van der Waals surface area contributed by atoms with Crippen LogP contribution in [0, 0.1) is 19.8 Å². The van der Waals surface area contributed by atoms with Gasteiger partial charge in [-0.05, 0) is 50.8 Å². The standard InChI is InChI=1S/C17H23N5O.2ClH/c1-11-7-12(2)22(21-11)16-6-3-13(9-19-16)10-20-17(23)14-4-5-15(18)8-14;;/h3,6-7,9,14-15H,4-5,8,10,18H2,1-2H3,(H,20,23);2*1H. The highest BCUT2D eigenvalue weighted by molar-refractivity contribution is 5.85. The summed E-state index contributed by atoms with van der Waals surface area (Å²) in [7, 11) is 0. The minimum Gasteiger partial charge on any atom is -0.352 e. The molecule has 6 nitrogen and oxygen atoms in total. The van der Waals surface area contributed by atoms with Crippen molar-refractivity contribution in [2.24, 2.45) is 11.7 Å². The number of nitrogens with two attached hydrogens (primary N) is 1. The largest absolute Gasteiger partial charge is 0.352 e. The number of aromatic nitrogens is 3. The molecule has 2 aromatic heterocycles. The number of carbonyl (C=O) groups excluding carboxylic acids is 1. The van der Waals surface area contributed by atoms with Crippen LogP contribution in [0.3, 0.4) is 0 Å². The fourth-order valence-electron chi connectivity index (χ4n) is 3.10. The average Bonchev–Trinajstić information content (AvgIpc) is 3.11. The second-order valence-corrected chi connectivity index (χ2v) is 6.35. The van der Waals surface area contributed by atoms with E-state index in [1.54, 1.807) is 6.20 Å². The highest BCUT2D eigenvalue weighted by atomic mass is 35.5. The molecular weight excluding hydrogens is 361 g/mol. The topological polar surface area (TPSA) is 85.8 Å². The van der Waals surface area contributed by atoms with Crippen molar-refractivity contribution in [3.05, 3.63) is 41.3 Å². The number of nitrogens with zero attached hydrogens (tertiary/aromatic N) is 3. The molecule has 25 heavy (non-hydrogen) atoms. The SMILES string of the molecule is Cc1cc(C)n(-c2ccc(CNC(=O)C3CCC(N)C3)cn2)n1.Cl.Cl. The fraction of sp³-hybridized carbons (Fsp3) is 0.471. The van der Waals surface area contributed by atoms with E-state index in [0.29, 0.717) is 6.54 Å². The van der Waals surface area contributed by atoms with Gasteiger partial charge >= 0.3 is 0 Å². The van der Waals surface area contributed by atoms with Crippen molar-refractivity contribution in [3.63, 3.8) is 0 Å². The van der Waals surface area contributed by atoms with E-state index in [2.05, 4.69) is 15.4 Å². The van der Waals surface area contributed by atoms with Crippen LogP contribution in [0.4, 0.5) is 0 Å². The van der Waals surface area contributed by atoms with Gasteiger partial charge in [0.15, 0.2) is 5.82 Å². The lowest BCUT2D eigenvalue weighted by molar-refractivity contribution is -0.125. The molecule has 0 bridgehead atoms. The molecule has 1 aliphatic rings. The molecule has 0 aliphatic heterocycles. The van der Waals surface area contributed by atoms with Crippen LogP contribution in [0.5, 0.6) is 0 Å². The van der Waals surface area contributed by atoms with E-state index < -0.39 is 0 Å². The number of aryl methyl sites for hydroxylation is 2. The molecule has 138 valence electrons. The molecule has 0 radical (unpaired) electrons. The maximum absolute atomic E-state index is 12.1. The molecule has 0 aromatic carbocycles.